The second kappa shape index (κ2) is 5.16. The van der Waals surface area contributed by atoms with Gasteiger partial charge in [0.2, 0.25) is 0 Å². The second-order valence-corrected chi connectivity index (χ2v) is 3.33. The van der Waals surface area contributed by atoms with Gasteiger partial charge in [0.15, 0.2) is 0 Å². The lowest BCUT2D eigenvalue weighted by Crippen LogP contribution is -2.14. The van der Waals surface area contributed by atoms with Crippen molar-refractivity contribution in [1.82, 2.24) is 0 Å². The van der Waals surface area contributed by atoms with Gasteiger partial charge >= 0.3 is 5.97 Å². The zero-order chi connectivity index (χ0) is 11.3. The van der Waals surface area contributed by atoms with E-state index in [4.69, 9.17) is 5.26 Å². The number of benzene rings is 1. The summed E-state index contributed by atoms with van der Waals surface area (Å²) in [6.45, 7) is 3.84. The third-order valence-electron chi connectivity index (χ3n) is 2.40. The Morgan fingerprint density at radius 1 is 1.53 bits per heavy atom. The highest BCUT2D eigenvalue weighted by Crippen LogP contribution is 2.23. The average Bonchev–Trinajstić information content (AvgIpc) is 2.22. The lowest BCUT2D eigenvalue weighted by atomic mass is 9.93. The average molecular weight is 203 g/mol. The maximum Gasteiger partial charge on any atom is 0.329 e. The third-order valence-corrected chi connectivity index (χ3v) is 2.40. The number of hydrogen-bond acceptors (Lipinski definition) is 3. The Balaban J connectivity index is 2.98. The Labute approximate surface area is 89.3 Å². The zero-order valence-corrected chi connectivity index (χ0v) is 8.86. The molecule has 0 heterocycles. The van der Waals surface area contributed by atoms with Crippen LogP contribution < -0.4 is 0 Å². The summed E-state index contributed by atoms with van der Waals surface area (Å²) in [5.41, 5.74) is 1.97. The molecule has 0 fully saturated rings. The van der Waals surface area contributed by atoms with E-state index in [-0.39, 0.29) is 5.92 Å². The SMILES string of the molecule is CCC(C(=O)OC#N)c1ccccc1C. The highest BCUT2D eigenvalue weighted by Gasteiger charge is 2.21. The predicted octanol–water partition coefficient (Wildman–Crippen LogP) is 2.51. The van der Waals surface area contributed by atoms with Gasteiger partial charge in [0.05, 0.1) is 5.92 Å². The molecule has 0 amide bonds. The van der Waals surface area contributed by atoms with E-state index in [1.165, 1.54) is 6.26 Å². The van der Waals surface area contributed by atoms with Gasteiger partial charge in [-0.15, -0.1) is 5.26 Å². The molecule has 0 aliphatic rings. The monoisotopic (exact) mass is 203 g/mol. The maximum atomic E-state index is 11.5. The van der Waals surface area contributed by atoms with Crippen LogP contribution in [-0.2, 0) is 9.53 Å². The molecule has 0 N–H and O–H groups in total. The smallest absolute Gasteiger partial charge is 0.329 e. The van der Waals surface area contributed by atoms with Crippen molar-refractivity contribution in [1.29, 1.82) is 5.26 Å². The number of hydrogen-bond donors (Lipinski definition) is 0. The Morgan fingerprint density at radius 3 is 2.73 bits per heavy atom. The van der Waals surface area contributed by atoms with Gasteiger partial charge < -0.3 is 4.74 Å². The molecule has 78 valence electrons. The minimum absolute atomic E-state index is 0.342. The first-order valence-corrected chi connectivity index (χ1v) is 4.86. The second-order valence-electron chi connectivity index (χ2n) is 3.33. The first-order valence-electron chi connectivity index (χ1n) is 4.86. The number of ether oxygens (including phenoxy) is 1. The summed E-state index contributed by atoms with van der Waals surface area (Å²) in [7, 11) is 0. The summed E-state index contributed by atoms with van der Waals surface area (Å²) in [6, 6.07) is 7.63. The number of aryl methyl sites for hydroxylation is 1. The number of rotatable bonds is 3. The van der Waals surface area contributed by atoms with E-state index in [2.05, 4.69) is 4.74 Å². The highest BCUT2D eigenvalue weighted by atomic mass is 16.5. The summed E-state index contributed by atoms with van der Waals surface area (Å²) < 4.78 is 4.37. The van der Waals surface area contributed by atoms with Crippen LogP contribution in [0.5, 0.6) is 0 Å². The van der Waals surface area contributed by atoms with Crippen LogP contribution >= 0.6 is 0 Å². The minimum atomic E-state index is -0.477. The quantitative estimate of drug-likeness (QED) is 0.560. The Bertz CT molecular complexity index is 393. The van der Waals surface area contributed by atoms with E-state index >= 15 is 0 Å². The van der Waals surface area contributed by atoms with Crippen molar-refractivity contribution in [2.45, 2.75) is 26.2 Å². The molecule has 1 unspecified atom stereocenters. The third kappa shape index (κ3) is 2.57. The van der Waals surface area contributed by atoms with Crippen LogP contribution in [0.25, 0.3) is 0 Å². The van der Waals surface area contributed by atoms with Gasteiger partial charge in [-0.05, 0) is 24.5 Å². The number of carbonyl (C=O) groups is 1. The van der Waals surface area contributed by atoms with Crippen molar-refractivity contribution < 1.29 is 9.53 Å². The molecule has 0 aromatic heterocycles. The summed E-state index contributed by atoms with van der Waals surface area (Å²) in [4.78, 5) is 11.5. The van der Waals surface area contributed by atoms with E-state index in [9.17, 15) is 4.79 Å². The van der Waals surface area contributed by atoms with Crippen molar-refractivity contribution >= 4 is 5.97 Å². The van der Waals surface area contributed by atoms with Crippen molar-refractivity contribution in [2.75, 3.05) is 0 Å². The topological polar surface area (TPSA) is 50.1 Å². The lowest BCUT2D eigenvalue weighted by molar-refractivity contribution is -0.138. The molecule has 15 heavy (non-hydrogen) atoms. The Hall–Kier alpha value is -1.82. The van der Waals surface area contributed by atoms with Crippen LogP contribution in [0.15, 0.2) is 24.3 Å². The molecular weight excluding hydrogens is 190 g/mol. The van der Waals surface area contributed by atoms with Gasteiger partial charge in [-0.25, -0.2) is 0 Å². The van der Waals surface area contributed by atoms with Crippen molar-refractivity contribution in [3.05, 3.63) is 35.4 Å². The van der Waals surface area contributed by atoms with E-state index in [1.54, 1.807) is 0 Å². The number of esters is 1. The fourth-order valence-electron chi connectivity index (χ4n) is 1.61. The molecule has 0 aliphatic carbocycles. The lowest BCUT2D eigenvalue weighted by Gasteiger charge is -2.13. The molecule has 0 saturated heterocycles. The highest BCUT2D eigenvalue weighted by molar-refractivity contribution is 5.79. The van der Waals surface area contributed by atoms with Gasteiger partial charge in [0.1, 0.15) is 0 Å². The first kappa shape index (κ1) is 11.3. The van der Waals surface area contributed by atoms with Crippen LogP contribution in [0, 0.1) is 18.4 Å². The summed E-state index contributed by atoms with van der Waals surface area (Å²) >= 11 is 0. The van der Waals surface area contributed by atoms with Crippen LogP contribution in [0.4, 0.5) is 0 Å². The van der Waals surface area contributed by atoms with Gasteiger partial charge in [-0.2, -0.15) is 0 Å². The van der Waals surface area contributed by atoms with E-state index in [0.717, 1.165) is 11.1 Å². The van der Waals surface area contributed by atoms with Crippen LogP contribution in [0.2, 0.25) is 0 Å². The summed E-state index contributed by atoms with van der Waals surface area (Å²) in [5.74, 6) is -0.819. The van der Waals surface area contributed by atoms with Crippen LogP contribution in [-0.4, -0.2) is 5.97 Å². The summed E-state index contributed by atoms with van der Waals surface area (Å²) in [6.07, 6.45) is 2.05. The molecule has 0 saturated carbocycles. The molecular formula is C12H13NO2. The fraction of sp³-hybridized carbons (Fsp3) is 0.333. The molecule has 3 nitrogen and oxygen atoms in total. The standard InChI is InChI=1S/C12H13NO2/c1-3-10(12(14)15-8-13)11-7-5-4-6-9(11)2/h4-7,10H,3H2,1-2H3. The van der Waals surface area contributed by atoms with Crippen molar-refractivity contribution in [2.24, 2.45) is 0 Å². The Kier molecular flexibility index (Phi) is 3.87. The van der Waals surface area contributed by atoms with E-state index in [0.29, 0.717) is 6.42 Å². The minimum Gasteiger partial charge on any atom is -0.350 e. The molecule has 0 radical (unpaired) electrons. The number of carbonyl (C=O) groups excluding carboxylic acids is 1. The molecule has 3 heteroatoms. The van der Waals surface area contributed by atoms with Crippen molar-refractivity contribution in [3.8, 4) is 6.26 Å². The van der Waals surface area contributed by atoms with Gasteiger partial charge in [0, 0.05) is 0 Å². The van der Waals surface area contributed by atoms with E-state index in [1.807, 2.05) is 38.1 Å². The van der Waals surface area contributed by atoms with Gasteiger partial charge in [-0.1, -0.05) is 31.2 Å². The normalized spacial score (nSPS) is 11.5. The van der Waals surface area contributed by atoms with Crippen molar-refractivity contribution in [3.63, 3.8) is 0 Å². The maximum absolute atomic E-state index is 11.5. The largest absolute Gasteiger partial charge is 0.350 e. The van der Waals surface area contributed by atoms with E-state index < -0.39 is 5.97 Å². The molecule has 1 atom stereocenters. The number of nitrogens with zero attached hydrogens (tertiary/aromatic N) is 1. The fourth-order valence-corrected chi connectivity index (χ4v) is 1.61. The Morgan fingerprint density at radius 2 is 2.20 bits per heavy atom. The predicted molar refractivity (Wildman–Crippen MR) is 55.9 cm³/mol. The summed E-state index contributed by atoms with van der Waals surface area (Å²) in [5, 5.41) is 8.30. The van der Waals surface area contributed by atoms with Gasteiger partial charge in [0.25, 0.3) is 6.26 Å². The van der Waals surface area contributed by atoms with Crippen LogP contribution in [0.1, 0.15) is 30.4 Å². The molecule has 0 spiro atoms. The molecule has 0 aliphatic heterocycles. The van der Waals surface area contributed by atoms with Crippen LogP contribution in [0.3, 0.4) is 0 Å². The molecule has 1 rings (SSSR count). The number of nitriles is 1. The first-order chi connectivity index (χ1) is 7.20. The zero-order valence-electron chi connectivity index (χ0n) is 8.86. The molecule has 1 aromatic rings. The molecule has 0 bridgehead atoms. The molecule has 1 aromatic carbocycles. The van der Waals surface area contributed by atoms with Gasteiger partial charge in [-0.3, -0.25) is 4.79 Å².